The lowest BCUT2D eigenvalue weighted by molar-refractivity contribution is -0.143. The second-order valence-corrected chi connectivity index (χ2v) is 19.3. The van der Waals surface area contributed by atoms with Crippen LogP contribution < -0.4 is 24.8 Å². The zero-order chi connectivity index (χ0) is 46.1. The van der Waals surface area contributed by atoms with Gasteiger partial charge in [-0.2, -0.15) is 0 Å². The first-order chi connectivity index (χ1) is 29.6. The second-order valence-electron chi connectivity index (χ2n) is 17.6. The van der Waals surface area contributed by atoms with Crippen molar-refractivity contribution in [3.05, 3.63) is 97.1 Å². The average Bonchev–Trinajstić information content (AvgIpc) is 3.79. The molecule has 63 heavy (non-hydrogen) atoms. The monoisotopic (exact) mass is 883 g/mol. The zero-order valence-corrected chi connectivity index (χ0v) is 37.3. The van der Waals surface area contributed by atoms with Crippen molar-refractivity contribution >= 4 is 50.7 Å². The van der Waals surface area contributed by atoms with Crippen molar-refractivity contribution in [2.75, 3.05) is 20.8 Å². The number of sulfonamides is 1. The third kappa shape index (κ3) is 10.1. The minimum Gasteiger partial charge on any atom is -0.497 e. The first-order valence-corrected chi connectivity index (χ1v) is 21.8. The van der Waals surface area contributed by atoms with Crippen molar-refractivity contribution < 1.29 is 51.3 Å². The first kappa shape index (κ1) is 46.0. The Balaban J connectivity index is 1.35. The zero-order valence-electron chi connectivity index (χ0n) is 36.5. The van der Waals surface area contributed by atoms with E-state index < -0.39 is 85.4 Å². The Hall–Kier alpha value is -6.49. The van der Waals surface area contributed by atoms with Crippen molar-refractivity contribution in [1.82, 2.24) is 25.2 Å². The van der Waals surface area contributed by atoms with Crippen LogP contribution in [0, 0.1) is 11.3 Å². The van der Waals surface area contributed by atoms with Gasteiger partial charge in [-0.3, -0.25) is 14.4 Å². The molecule has 16 nitrogen and oxygen atoms in total. The molecule has 1 aliphatic carbocycles. The Bertz CT molecular complexity index is 2550. The number of alkyl carbamates (subject to hydrolysis) is 1. The van der Waals surface area contributed by atoms with Gasteiger partial charge < -0.3 is 34.5 Å². The molecule has 2 heterocycles. The van der Waals surface area contributed by atoms with Crippen LogP contribution in [0.2, 0.25) is 0 Å². The molecule has 1 aromatic heterocycles. The molecule has 0 bridgehead atoms. The number of hydrogen-bond donors (Lipinski definition) is 3. The maximum Gasteiger partial charge on any atom is 0.408 e. The van der Waals surface area contributed by atoms with E-state index in [4.69, 9.17) is 23.9 Å². The van der Waals surface area contributed by atoms with Crippen LogP contribution in [0.15, 0.2) is 96.4 Å². The van der Waals surface area contributed by atoms with E-state index in [1.54, 1.807) is 72.9 Å². The Kier molecular flexibility index (Phi) is 12.9. The number of aromatic nitrogens is 1. The molecule has 6 rings (SSSR count). The summed E-state index contributed by atoms with van der Waals surface area (Å²) in [6.07, 6.45) is -0.302. The lowest BCUT2D eigenvalue weighted by Gasteiger charge is -2.36. The van der Waals surface area contributed by atoms with E-state index in [0.717, 1.165) is 18.7 Å². The van der Waals surface area contributed by atoms with Crippen molar-refractivity contribution in [1.29, 1.82) is 0 Å². The van der Waals surface area contributed by atoms with E-state index in [1.807, 2.05) is 35.1 Å². The van der Waals surface area contributed by atoms with Crippen LogP contribution in [-0.4, -0.2) is 98.2 Å². The summed E-state index contributed by atoms with van der Waals surface area (Å²) < 4.78 is 51.7. The number of carbonyl (C=O) groups is 5. The average molecular weight is 884 g/mol. The molecule has 4 amide bonds. The fourth-order valence-corrected chi connectivity index (χ4v) is 8.77. The van der Waals surface area contributed by atoms with Crippen molar-refractivity contribution in [2.24, 2.45) is 11.3 Å². The third-order valence-corrected chi connectivity index (χ3v) is 12.2. The molecule has 2 fully saturated rings. The highest BCUT2D eigenvalue weighted by Crippen LogP contribution is 2.45. The largest absolute Gasteiger partial charge is 0.497 e. The van der Waals surface area contributed by atoms with E-state index in [9.17, 15) is 32.4 Å². The van der Waals surface area contributed by atoms with Crippen LogP contribution >= 0.6 is 0 Å². The van der Waals surface area contributed by atoms with Crippen molar-refractivity contribution in [3.8, 4) is 22.8 Å². The number of nitrogens with zero attached hydrogens (tertiary/aromatic N) is 2. The first-order valence-electron chi connectivity index (χ1n) is 20.3. The number of pyridine rings is 1. The van der Waals surface area contributed by atoms with E-state index in [-0.39, 0.29) is 24.9 Å². The molecular formula is C46H53N5O11S. The standard InChI is InChI=1S/C46H53N5O11S/c1-10-28-25-46(28,42(55)50-63(57,58)37-19-15-14-18-32(37)41(54)60-9)49-39(52)35-23-30(26-51(35)40(53)38(44(2,3)4)48-43(56)62-45(5,6)7)61-36-24-33(27-16-12-11-13-17-27)47-34-22-29(59-8)20-21-31(34)36/h10-22,24,28,30,35,38H,1,23,25-26H2,2-9H3,(H,48,56)(H,49,52)(H,50,55)/t28?,30-,35+,38?,46-/m1/s1. The minimum atomic E-state index is -4.68. The molecule has 334 valence electrons. The van der Waals surface area contributed by atoms with Crippen molar-refractivity contribution in [3.63, 3.8) is 0 Å². The smallest absolute Gasteiger partial charge is 0.408 e. The molecule has 3 N–H and O–H groups in total. The summed E-state index contributed by atoms with van der Waals surface area (Å²) in [7, 11) is -2.03. The fraction of sp³-hybridized carbons (Fsp3) is 0.391. The molecule has 2 unspecified atom stereocenters. The van der Waals surface area contributed by atoms with Crippen molar-refractivity contribution in [2.45, 2.75) is 88.6 Å². The molecule has 1 saturated heterocycles. The number of amides is 4. The van der Waals surface area contributed by atoms with Gasteiger partial charge in [0, 0.05) is 35.4 Å². The maximum absolute atomic E-state index is 14.8. The number of likely N-dealkylation sites (tertiary alicyclic amines) is 1. The fourth-order valence-electron chi connectivity index (χ4n) is 7.54. The van der Waals surface area contributed by atoms with Gasteiger partial charge in [0.2, 0.25) is 11.8 Å². The Morgan fingerprint density at radius 1 is 0.937 bits per heavy atom. The van der Waals surface area contributed by atoms with Gasteiger partial charge in [0.15, 0.2) is 0 Å². The quantitative estimate of drug-likeness (QED) is 0.112. The van der Waals surface area contributed by atoms with Crippen LogP contribution in [0.3, 0.4) is 0 Å². The molecule has 5 atom stereocenters. The van der Waals surface area contributed by atoms with Gasteiger partial charge in [-0.1, -0.05) is 69.3 Å². The molecule has 1 saturated carbocycles. The molecule has 2 aliphatic rings. The van der Waals surface area contributed by atoms with Gasteiger partial charge in [-0.15, -0.1) is 6.58 Å². The number of methoxy groups -OCH3 is 2. The maximum atomic E-state index is 14.8. The Labute approximate surface area is 366 Å². The summed E-state index contributed by atoms with van der Waals surface area (Å²) in [5, 5.41) is 6.10. The summed E-state index contributed by atoms with van der Waals surface area (Å²) in [5.41, 5.74) is -1.87. The number of carbonyl (C=O) groups excluding carboxylic acids is 5. The lowest BCUT2D eigenvalue weighted by Crippen LogP contribution is -2.60. The van der Waals surface area contributed by atoms with Gasteiger partial charge in [-0.05, 0) is 56.9 Å². The van der Waals surface area contributed by atoms with Gasteiger partial charge in [0.1, 0.15) is 45.7 Å². The third-order valence-electron chi connectivity index (χ3n) is 10.8. The van der Waals surface area contributed by atoms with Gasteiger partial charge in [0.25, 0.3) is 15.9 Å². The van der Waals surface area contributed by atoms with Crippen LogP contribution in [0.5, 0.6) is 11.5 Å². The second kappa shape index (κ2) is 17.7. The highest BCUT2D eigenvalue weighted by molar-refractivity contribution is 7.90. The lowest BCUT2D eigenvalue weighted by atomic mass is 9.85. The van der Waals surface area contributed by atoms with E-state index >= 15 is 0 Å². The SMILES string of the molecule is C=CC1C[C@]1(NC(=O)[C@@H]1C[C@@H](Oc2cc(-c3ccccc3)nc3cc(OC)ccc23)CN1C(=O)C(NC(=O)OC(C)(C)C)C(C)(C)C)C(=O)NS(=O)(=O)c1ccccc1C(=O)OC. The molecule has 0 spiro atoms. The number of benzene rings is 3. The van der Waals surface area contributed by atoms with Crippen LogP contribution in [-0.2, 0) is 33.9 Å². The summed E-state index contributed by atoms with van der Waals surface area (Å²) >= 11 is 0. The molecule has 17 heteroatoms. The predicted octanol–water partition coefficient (Wildman–Crippen LogP) is 5.55. The van der Waals surface area contributed by atoms with E-state index in [1.165, 1.54) is 29.2 Å². The Morgan fingerprint density at radius 2 is 1.62 bits per heavy atom. The number of ether oxygens (including phenoxy) is 4. The molecule has 4 aromatic rings. The number of hydrogen-bond acceptors (Lipinski definition) is 12. The van der Waals surface area contributed by atoms with Crippen LogP contribution in [0.25, 0.3) is 22.2 Å². The summed E-state index contributed by atoms with van der Waals surface area (Å²) in [6.45, 7) is 14.0. The molecule has 0 radical (unpaired) electrons. The van der Waals surface area contributed by atoms with Gasteiger partial charge in [-0.25, -0.2) is 27.7 Å². The molecule has 3 aromatic carbocycles. The summed E-state index contributed by atoms with van der Waals surface area (Å²) in [6, 6.07) is 19.3. The van der Waals surface area contributed by atoms with E-state index in [0.29, 0.717) is 28.1 Å². The van der Waals surface area contributed by atoms with Crippen LogP contribution in [0.4, 0.5) is 4.79 Å². The number of fused-ring (bicyclic) bond motifs is 1. The number of esters is 1. The number of rotatable bonds is 13. The Morgan fingerprint density at radius 3 is 2.24 bits per heavy atom. The molecular weight excluding hydrogens is 831 g/mol. The van der Waals surface area contributed by atoms with E-state index in [2.05, 4.69) is 17.2 Å². The highest BCUT2D eigenvalue weighted by Gasteiger charge is 2.61. The summed E-state index contributed by atoms with van der Waals surface area (Å²) in [4.78, 5) is 74.8. The minimum absolute atomic E-state index is 0.0115. The topological polar surface area (TPSA) is 209 Å². The van der Waals surface area contributed by atoms with Crippen LogP contribution in [0.1, 0.15) is 64.7 Å². The normalized spacial score (nSPS) is 20.2. The number of nitrogens with one attached hydrogen (secondary N) is 3. The molecule has 1 aliphatic heterocycles. The predicted molar refractivity (Wildman–Crippen MR) is 233 cm³/mol. The highest BCUT2D eigenvalue weighted by atomic mass is 32.2. The van der Waals surface area contributed by atoms with Gasteiger partial charge in [0.05, 0.1) is 37.5 Å². The van der Waals surface area contributed by atoms with Gasteiger partial charge >= 0.3 is 12.1 Å². The summed E-state index contributed by atoms with van der Waals surface area (Å²) in [5.74, 6) is -3.11.